The number of carbonyl (C=O) groups is 3. The van der Waals surface area contributed by atoms with Crippen molar-refractivity contribution in [2.45, 2.75) is 264 Å². The Morgan fingerprint density at radius 1 is 0.425 bits per heavy atom. The predicted molar refractivity (Wildman–Crippen MR) is 465 cm³/mol. The van der Waals surface area contributed by atoms with Crippen LogP contribution in [0.3, 0.4) is 0 Å². The zero-order chi connectivity index (χ0) is 85.1. The summed E-state index contributed by atoms with van der Waals surface area (Å²) in [6.45, 7) is 37.1. The van der Waals surface area contributed by atoms with E-state index in [1.165, 1.54) is 133 Å². The number of thiophene rings is 4. The molecular weight excluding hydrogens is 1810 g/mol. The van der Waals surface area contributed by atoms with Crippen molar-refractivity contribution < 1.29 is 91.3 Å². The molecule has 0 aliphatic carbocycles. The first-order valence-electron chi connectivity index (χ1n) is 37.8. The van der Waals surface area contributed by atoms with Gasteiger partial charge in [0.25, 0.3) is 0 Å². The van der Waals surface area contributed by atoms with Gasteiger partial charge in [-0.3, -0.25) is 14.7 Å². The largest absolute Gasteiger partial charge is 1.00 e. The van der Waals surface area contributed by atoms with E-state index in [1.807, 2.05) is 124 Å². The molecule has 113 heavy (non-hydrogen) atoms. The Morgan fingerprint density at radius 3 is 1.01 bits per heavy atom. The molecule has 3 amide bonds. The summed E-state index contributed by atoms with van der Waals surface area (Å²) in [5, 5.41) is 4.13. The smallest absolute Gasteiger partial charge is 0.870 e. The number of carbonyl (C=O) groups excluding carboxylic acids is 11. The van der Waals surface area contributed by atoms with Crippen LogP contribution in [-0.2, 0) is 71.8 Å². The Balaban J connectivity index is -0.000000406. The molecule has 0 aliphatic rings. The van der Waals surface area contributed by atoms with Crippen LogP contribution < -0.4 is 36.5 Å². The second-order valence-electron chi connectivity index (χ2n) is 28.3. The standard InChI is InChI=1S/C17H22N2O2S.C15H18N2O2S.C11H15BrN2O2.C6H8S.C6H7S.6C4H9.4CO2.ClH.Li.H2O.2Sn/c1-6-13-8-9-14(22-13)12-7-10-15(18-11-12)19(5)16(20)21-17(2,3)4;1-15(2,3)19-14(18)17(4)13-8-7-11(10-16-13)12-6-5-9-20-12;1-11(2,3)16-10(15)14(4)9-6-5-8(12)7-13-9;2*1-2-6-4-3-5-7-6;6*1-3-4-2;4*2-1-3;;;;;/h7-11H,6H2,1-5H3;5-10H,1-4H3;5-7H,1-4H3;3-5H,2H2,1H3;3-4H,2H2,1H3;6*1,3-4H2,2H3;;;;;1H;;1H2;;/q;;;;;;;;;;;;;;;;+1;;;+1/p-2. The van der Waals surface area contributed by atoms with Gasteiger partial charge in [-0.1, -0.05) is 26.0 Å². The second kappa shape index (κ2) is 67.5. The first-order chi connectivity index (χ1) is 52.4. The summed E-state index contributed by atoms with van der Waals surface area (Å²) in [6.07, 6.45) is 25.1. The van der Waals surface area contributed by atoms with E-state index >= 15 is 0 Å². The molecule has 0 atom stereocenters. The van der Waals surface area contributed by atoms with Gasteiger partial charge in [-0.25, -0.2) is 29.3 Å². The van der Waals surface area contributed by atoms with Crippen LogP contribution in [0.15, 0.2) is 119 Å². The Kier molecular flexibility index (Phi) is 69.4. The van der Waals surface area contributed by atoms with Crippen molar-refractivity contribution in [1.82, 2.24) is 15.0 Å². The van der Waals surface area contributed by atoms with Gasteiger partial charge >= 0.3 is 296 Å². The second-order valence-corrected chi connectivity index (χ2v) is 63.9. The molecule has 1 N–H and O–H groups in total. The Labute approximate surface area is 722 Å². The normalized spacial score (nSPS) is 10.2. The number of hydrogen-bond donors (Lipinski definition) is 0. The van der Waals surface area contributed by atoms with E-state index in [0.717, 1.165) is 26.9 Å². The summed E-state index contributed by atoms with van der Waals surface area (Å²) in [7, 11) is 11.8. The molecule has 0 aromatic carbocycles. The Hall–Kier alpha value is -5.50. The van der Waals surface area contributed by atoms with Gasteiger partial charge in [-0.2, -0.15) is 38.4 Å². The van der Waals surface area contributed by atoms with Gasteiger partial charge in [0, 0.05) is 74.8 Å². The minimum Gasteiger partial charge on any atom is -0.870 e. The fourth-order valence-corrected chi connectivity index (χ4v) is 46.1. The van der Waals surface area contributed by atoms with Crippen molar-refractivity contribution in [2.75, 3.05) is 35.8 Å². The third-order valence-corrected chi connectivity index (χ3v) is 53.5. The average Bonchev–Trinajstić information content (AvgIpc) is 1.72. The van der Waals surface area contributed by atoms with Gasteiger partial charge in [0.2, 0.25) is 0 Å². The van der Waals surface area contributed by atoms with Crippen LogP contribution in [0.25, 0.3) is 20.9 Å². The monoisotopic (exact) mass is 1930 g/mol. The van der Waals surface area contributed by atoms with Crippen LogP contribution in [0.5, 0.6) is 0 Å². The number of ether oxygens (including phenoxy) is 3. The SMILES string of the molecule is CCC[CH2][Sn]([CH2]CCC)([CH2]CCC)[c]1ccc(CC)s1.CCC[CH2][Sn]([Cl])([CH2]CCC)[CH2]CCC.CCc1ccc(-c2ccc(N(C)C(=O)OC(C)(C)C)nc2)s1.CCc1cccs1.CN(C(=O)OC(C)(C)C)c1ccc(-c2cccs2)cn1.CN(C(=O)OC(C)(C)C)c1ccc(Br)cn1.O=C=O.O=C=O.O=C=O.O=C=O.[Li+].[OH-]. The van der Waals surface area contributed by atoms with Crippen LogP contribution in [0.2, 0.25) is 26.6 Å². The number of aromatic nitrogens is 3. The first kappa shape index (κ1) is 116. The molecule has 7 aromatic rings. The summed E-state index contributed by atoms with van der Waals surface area (Å²) in [6, 6.07) is 28.7. The molecule has 0 saturated carbocycles. The molecule has 7 rings (SSSR count). The van der Waals surface area contributed by atoms with E-state index in [9.17, 15) is 14.4 Å². The van der Waals surface area contributed by atoms with E-state index in [1.54, 1.807) is 86.7 Å². The van der Waals surface area contributed by atoms with Crippen molar-refractivity contribution in [3.63, 3.8) is 0 Å². The molecule has 7 heterocycles. The van der Waals surface area contributed by atoms with Crippen LogP contribution in [-0.4, -0.2) is 137 Å². The van der Waals surface area contributed by atoms with Gasteiger partial charge in [-0.05, 0) is 163 Å². The van der Waals surface area contributed by atoms with Crippen LogP contribution in [0.1, 0.15) is 216 Å². The molecular formula is C83H125BrClLiN6O15S4Sn2. The summed E-state index contributed by atoms with van der Waals surface area (Å²) in [5.74, 6) is 1.70. The van der Waals surface area contributed by atoms with Crippen molar-refractivity contribution in [2.24, 2.45) is 0 Å². The molecule has 7 aromatic heterocycles. The topological polar surface area (TPSA) is 294 Å². The van der Waals surface area contributed by atoms with Crippen LogP contribution in [0, 0.1) is 0 Å². The zero-order valence-electron chi connectivity index (χ0n) is 71.1. The number of anilines is 3. The number of halogens is 2. The number of hydrogen-bond acceptors (Lipinski definition) is 22. The molecule has 0 bridgehead atoms. The predicted octanol–water partition coefficient (Wildman–Crippen LogP) is 20.9. The molecule has 0 aliphatic heterocycles. The Bertz CT molecular complexity index is 3610. The maximum absolute atomic E-state index is 12.0. The van der Waals surface area contributed by atoms with Gasteiger partial charge < -0.3 is 19.7 Å². The van der Waals surface area contributed by atoms with Crippen LogP contribution in [0.4, 0.5) is 31.8 Å². The van der Waals surface area contributed by atoms with Gasteiger partial charge in [0.05, 0.1) is 0 Å². The van der Waals surface area contributed by atoms with E-state index < -0.39 is 70.7 Å². The van der Waals surface area contributed by atoms with Gasteiger partial charge in [0.1, 0.15) is 34.3 Å². The fourth-order valence-electron chi connectivity index (χ4n) is 9.98. The van der Waals surface area contributed by atoms with Crippen molar-refractivity contribution in [1.29, 1.82) is 0 Å². The number of rotatable bonds is 27. The average molecular weight is 1930 g/mol. The van der Waals surface area contributed by atoms with E-state index in [0.29, 0.717) is 17.5 Å². The zero-order valence-corrected chi connectivity index (χ0v) is 82.4. The fraction of sp³-hybridized carbons (Fsp3) is 0.542. The van der Waals surface area contributed by atoms with E-state index in [2.05, 4.69) is 146 Å². The molecule has 30 heteroatoms. The molecule has 21 nitrogen and oxygen atoms in total. The number of aryl methyl sites for hydroxylation is 3. The van der Waals surface area contributed by atoms with Gasteiger partial charge in [0.15, 0.2) is 0 Å². The maximum atomic E-state index is 12.0. The number of nitrogens with zero attached hydrogens (tertiary/aromatic N) is 6. The van der Waals surface area contributed by atoms with Crippen molar-refractivity contribution in [3.05, 3.63) is 133 Å². The molecule has 0 radical (unpaired) electrons. The third-order valence-electron chi connectivity index (χ3n) is 15.8. The molecule has 0 saturated heterocycles. The number of amides is 3. The summed E-state index contributed by atoms with van der Waals surface area (Å²) in [5.41, 5.74) is 0.578. The molecule has 0 spiro atoms. The quantitative estimate of drug-likeness (QED) is 0.0341. The van der Waals surface area contributed by atoms with E-state index in [-0.39, 0.29) is 48.9 Å². The Morgan fingerprint density at radius 2 is 0.743 bits per heavy atom. The summed E-state index contributed by atoms with van der Waals surface area (Å²) in [4.78, 5) is 124. The van der Waals surface area contributed by atoms with Crippen LogP contribution >= 0.6 is 70.2 Å². The summed E-state index contributed by atoms with van der Waals surface area (Å²) < 4.78 is 27.7. The molecule has 0 unspecified atom stereocenters. The number of unbranched alkanes of at least 4 members (excludes halogenated alkanes) is 6. The number of pyridine rings is 3. The summed E-state index contributed by atoms with van der Waals surface area (Å²) >= 11 is 6.55. The van der Waals surface area contributed by atoms with Crippen molar-refractivity contribution >= 4 is 169 Å². The minimum absolute atomic E-state index is 0. The minimum atomic E-state index is -2.09. The van der Waals surface area contributed by atoms with E-state index in [4.69, 9.17) is 61.5 Å². The maximum Gasteiger partial charge on any atom is 1.00 e. The van der Waals surface area contributed by atoms with Gasteiger partial charge in [-0.15, -0.1) is 34.0 Å². The molecule has 624 valence electrons. The third kappa shape index (κ3) is 54.9. The first-order valence-corrected chi connectivity index (χ1v) is 59.1. The molecule has 0 fully saturated rings. The van der Waals surface area contributed by atoms with Crippen molar-refractivity contribution in [3.8, 4) is 20.9 Å².